The van der Waals surface area contributed by atoms with Gasteiger partial charge in [0.05, 0.1) is 0 Å². The minimum absolute atomic E-state index is 0.537. The van der Waals surface area contributed by atoms with Gasteiger partial charge in [0.1, 0.15) is 0 Å². The van der Waals surface area contributed by atoms with Crippen LogP contribution in [0.5, 0.6) is 0 Å². The van der Waals surface area contributed by atoms with Gasteiger partial charge in [0.25, 0.3) is 0 Å². The fourth-order valence-corrected chi connectivity index (χ4v) is 2.81. The maximum atomic E-state index is 3.68. The molecule has 1 nitrogen and oxygen atoms in total. The van der Waals surface area contributed by atoms with Crippen molar-refractivity contribution in [3.63, 3.8) is 0 Å². The van der Waals surface area contributed by atoms with Crippen LogP contribution in [0.25, 0.3) is 0 Å². The lowest BCUT2D eigenvalue weighted by Crippen LogP contribution is -2.22. The van der Waals surface area contributed by atoms with Crippen molar-refractivity contribution < 1.29 is 0 Å². The summed E-state index contributed by atoms with van der Waals surface area (Å²) in [5.41, 5.74) is 1.47. The highest BCUT2D eigenvalue weighted by Crippen LogP contribution is 2.24. The van der Waals surface area contributed by atoms with Gasteiger partial charge in [-0.15, -0.1) is 0 Å². The van der Waals surface area contributed by atoms with Crippen LogP contribution in [-0.4, -0.2) is 6.54 Å². The van der Waals surface area contributed by atoms with Gasteiger partial charge in [-0.1, -0.05) is 51.3 Å². The molecule has 0 aliphatic rings. The van der Waals surface area contributed by atoms with Crippen LogP contribution in [0.3, 0.4) is 0 Å². The summed E-state index contributed by atoms with van der Waals surface area (Å²) in [5.74, 6) is 0. The maximum absolute atomic E-state index is 3.68. The summed E-state index contributed by atoms with van der Waals surface area (Å²) >= 11 is 2.45. The molecular weight excluding hydrogens is 321 g/mol. The second-order valence-electron chi connectivity index (χ2n) is 4.52. The normalized spacial score (nSPS) is 12.6. The van der Waals surface area contributed by atoms with Crippen LogP contribution < -0.4 is 5.32 Å². The van der Waals surface area contributed by atoms with Crippen molar-refractivity contribution >= 4 is 22.6 Å². The van der Waals surface area contributed by atoms with Crippen molar-refractivity contribution in [2.24, 2.45) is 0 Å². The molecule has 2 heteroatoms. The third kappa shape index (κ3) is 5.38. The van der Waals surface area contributed by atoms with Gasteiger partial charge in [-0.25, -0.2) is 0 Å². The quantitative estimate of drug-likeness (QED) is 0.521. The van der Waals surface area contributed by atoms with Crippen LogP contribution in [0.4, 0.5) is 0 Å². The highest BCUT2D eigenvalue weighted by Gasteiger charge is 2.12. The molecular formula is C15H24IN. The molecule has 0 aliphatic heterocycles. The fraction of sp³-hybridized carbons (Fsp3) is 0.600. The molecule has 1 unspecified atom stereocenters. The van der Waals surface area contributed by atoms with E-state index in [0.717, 1.165) is 6.54 Å². The first kappa shape index (κ1) is 15.0. The van der Waals surface area contributed by atoms with E-state index in [2.05, 4.69) is 66.0 Å². The average molecular weight is 345 g/mol. The molecule has 0 aliphatic carbocycles. The minimum atomic E-state index is 0.537. The second kappa shape index (κ2) is 8.92. The van der Waals surface area contributed by atoms with E-state index in [1.807, 2.05) is 0 Å². The molecule has 0 bridgehead atoms. The molecule has 0 spiro atoms. The first-order chi connectivity index (χ1) is 8.29. The Morgan fingerprint density at radius 3 is 2.53 bits per heavy atom. The number of hydrogen-bond acceptors (Lipinski definition) is 1. The van der Waals surface area contributed by atoms with Crippen LogP contribution in [0.15, 0.2) is 24.3 Å². The predicted octanol–water partition coefficient (Wildman–Crippen LogP) is 4.91. The van der Waals surface area contributed by atoms with E-state index in [9.17, 15) is 0 Å². The largest absolute Gasteiger partial charge is 0.310 e. The number of hydrogen-bond donors (Lipinski definition) is 1. The van der Waals surface area contributed by atoms with Gasteiger partial charge < -0.3 is 5.32 Å². The monoisotopic (exact) mass is 345 g/mol. The summed E-state index contributed by atoms with van der Waals surface area (Å²) < 4.78 is 1.38. The lowest BCUT2D eigenvalue weighted by Gasteiger charge is -2.20. The summed E-state index contributed by atoms with van der Waals surface area (Å²) in [6.45, 7) is 5.61. The van der Waals surface area contributed by atoms with Crippen molar-refractivity contribution in [3.05, 3.63) is 33.4 Å². The highest BCUT2D eigenvalue weighted by molar-refractivity contribution is 14.1. The second-order valence-corrected chi connectivity index (χ2v) is 5.69. The molecule has 0 amide bonds. The van der Waals surface area contributed by atoms with E-state index in [4.69, 9.17) is 0 Å². The highest BCUT2D eigenvalue weighted by atomic mass is 127. The molecule has 0 saturated heterocycles. The van der Waals surface area contributed by atoms with Crippen LogP contribution in [0.1, 0.15) is 57.6 Å². The third-order valence-electron chi connectivity index (χ3n) is 3.02. The predicted molar refractivity (Wildman–Crippen MR) is 84.3 cm³/mol. The van der Waals surface area contributed by atoms with Gasteiger partial charge in [0.15, 0.2) is 0 Å². The van der Waals surface area contributed by atoms with Gasteiger partial charge in [0.2, 0.25) is 0 Å². The fourth-order valence-electron chi connectivity index (χ4n) is 2.04. The topological polar surface area (TPSA) is 12.0 Å². The number of nitrogens with one attached hydrogen (secondary N) is 1. The van der Waals surface area contributed by atoms with E-state index in [-0.39, 0.29) is 0 Å². The molecule has 17 heavy (non-hydrogen) atoms. The summed E-state index contributed by atoms with van der Waals surface area (Å²) in [7, 11) is 0. The molecule has 1 rings (SSSR count). The molecule has 0 saturated carbocycles. The lowest BCUT2D eigenvalue weighted by atomic mass is 10.0. The van der Waals surface area contributed by atoms with Gasteiger partial charge in [-0.3, -0.25) is 0 Å². The van der Waals surface area contributed by atoms with Gasteiger partial charge in [-0.2, -0.15) is 0 Å². The maximum Gasteiger partial charge on any atom is 0.0330 e. The molecule has 0 radical (unpaired) electrons. The Kier molecular flexibility index (Phi) is 7.86. The smallest absolute Gasteiger partial charge is 0.0330 e. The molecule has 0 heterocycles. The van der Waals surface area contributed by atoms with Crippen molar-refractivity contribution in [2.75, 3.05) is 6.54 Å². The number of unbranched alkanes of at least 4 members (excludes halogenated alkanes) is 2. The Balaban J connectivity index is 2.64. The molecule has 0 fully saturated rings. The molecule has 1 aromatic rings. The van der Waals surface area contributed by atoms with Crippen molar-refractivity contribution in [2.45, 2.75) is 52.0 Å². The van der Waals surface area contributed by atoms with Crippen molar-refractivity contribution in [1.82, 2.24) is 5.32 Å². The van der Waals surface area contributed by atoms with Gasteiger partial charge in [-0.05, 0) is 53.6 Å². The number of rotatable bonds is 8. The molecule has 0 aromatic heterocycles. The zero-order chi connectivity index (χ0) is 12.5. The molecule has 96 valence electrons. The van der Waals surface area contributed by atoms with Crippen molar-refractivity contribution in [1.29, 1.82) is 0 Å². The standard InChI is InChI=1S/C15H24IN/c1-3-5-6-11-15(17-12-4-2)13-9-7-8-10-14(13)16/h7-10,15,17H,3-6,11-12H2,1-2H3. The Morgan fingerprint density at radius 2 is 1.88 bits per heavy atom. The first-order valence-corrected chi connectivity index (χ1v) is 7.85. The van der Waals surface area contributed by atoms with E-state index < -0.39 is 0 Å². The van der Waals surface area contributed by atoms with Crippen molar-refractivity contribution in [3.8, 4) is 0 Å². The van der Waals surface area contributed by atoms with Crippen LogP contribution in [0, 0.1) is 3.57 Å². The summed E-state index contributed by atoms with van der Waals surface area (Å²) in [4.78, 5) is 0. The molecule has 1 N–H and O–H groups in total. The summed E-state index contributed by atoms with van der Waals surface area (Å²) in [6.07, 6.45) is 6.42. The van der Waals surface area contributed by atoms with Crippen LogP contribution in [0.2, 0.25) is 0 Å². The van der Waals surface area contributed by atoms with E-state index >= 15 is 0 Å². The Hall–Kier alpha value is -0.0900. The van der Waals surface area contributed by atoms with Gasteiger partial charge in [0, 0.05) is 9.61 Å². The molecule has 1 atom stereocenters. The molecule has 1 aromatic carbocycles. The summed E-state index contributed by atoms with van der Waals surface area (Å²) in [6, 6.07) is 9.28. The number of halogens is 1. The van der Waals surface area contributed by atoms with E-state index in [1.165, 1.54) is 41.2 Å². The van der Waals surface area contributed by atoms with E-state index in [1.54, 1.807) is 0 Å². The van der Waals surface area contributed by atoms with Crippen LogP contribution in [-0.2, 0) is 0 Å². The van der Waals surface area contributed by atoms with E-state index in [0.29, 0.717) is 6.04 Å². The first-order valence-electron chi connectivity index (χ1n) is 6.77. The Bertz CT molecular complexity index is 312. The van der Waals surface area contributed by atoms with Gasteiger partial charge >= 0.3 is 0 Å². The zero-order valence-corrected chi connectivity index (χ0v) is 13.2. The SMILES string of the molecule is CCCCCC(NCCC)c1ccccc1I. The number of benzene rings is 1. The lowest BCUT2D eigenvalue weighted by molar-refractivity contribution is 0.473. The average Bonchev–Trinajstić information content (AvgIpc) is 2.35. The third-order valence-corrected chi connectivity index (χ3v) is 4.00. The summed E-state index contributed by atoms with van der Waals surface area (Å²) in [5, 5.41) is 3.68. The minimum Gasteiger partial charge on any atom is -0.310 e. The van der Waals surface area contributed by atoms with Crippen LogP contribution >= 0.6 is 22.6 Å². The Labute approximate surface area is 120 Å². The zero-order valence-electron chi connectivity index (χ0n) is 11.0. The Morgan fingerprint density at radius 1 is 1.12 bits per heavy atom.